The number of nitro groups is 1. The highest BCUT2D eigenvalue weighted by Gasteiger charge is 2.17. The second kappa shape index (κ2) is 5.70. The Morgan fingerprint density at radius 2 is 2.00 bits per heavy atom. The number of halogens is 1. The summed E-state index contributed by atoms with van der Waals surface area (Å²) in [6.07, 6.45) is 0. The minimum Gasteiger partial charge on any atom is -0.436 e. The van der Waals surface area contributed by atoms with E-state index in [0.29, 0.717) is 17.2 Å². The molecule has 0 aliphatic carbocycles. The van der Waals surface area contributed by atoms with Crippen LogP contribution in [0.4, 0.5) is 16.0 Å². The van der Waals surface area contributed by atoms with Gasteiger partial charge in [0.25, 0.3) is 5.69 Å². The van der Waals surface area contributed by atoms with Crippen LogP contribution in [0.25, 0.3) is 0 Å². The van der Waals surface area contributed by atoms with Gasteiger partial charge in [0.05, 0.1) is 11.0 Å². The molecule has 0 aliphatic heterocycles. The van der Waals surface area contributed by atoms with E-state index >= 15 is 0 Å². The smallest absolute Gasteiger partial charge is 0.275 e. The molecular weight excluding hydrogens is 279 g/mol. The van der Waals surface area contributed by atoms with Gasteiger partial charge in [-0.15, -0.1) is 0 Å². The van der Waals surface area contributed by atoms with Crippen LogP contribution in [0, 0.1) is 29.8 Å². The van der Waals surface area contributed by atoms with Crippen molar-refractivity contribution in [3.63, 3.8) is 0 Å². The van der Waals surface area contributed by atoms with Gasteiger partial charge in [-0.3, -0.25) is 10.1 Å². The average molecular weight is 292 g/mol. The van der Waals surface area contributed by atoms with Crippen molar-refractivity contribution in [1.29, 1.82) is 0 Å². The largest absolute Gasteiger partial charge is 0.436 e. The number of aromatic nitrogens is 2. The fraction of sp³-hybridized carbons (Fsp3) is 0.231. The summed E-state index contributed by atoms with van der Waals surface area (Å²) in [6.45, 7) is 3.25. The summed E-state index contributed by atoms with van der Waals surface area (Å²) in [5, 5.41) is 13.5. The molecule has 1 aromatic heterocycles. The lowest BCUT2D eigenvalue weighted by Crippen LogP contribution is -2.01. The van der Waals surface area contributed by atoms with Gasteiger partial charge in [-0.2, -0.15) is 4.98 Å². The van der Waals surface area contributed by atoms with E-state index in [4.69, 9.17) is 4.74 Å². The highest BCUT2D eigenvalue weighted by molar-refractivity contribution is 5.46. The van der Waals surface area contributed by atoms with Gasteiger partial charge in [0.15, 0.2) is 11.6 Å². The molecule has 110 valence electrons. The molecule has 0 bridgehead atoms. The van der Waals surface area contributed by atoms with Gasteiger partial charge in [-0.25, -0.2) is 9.37 Å². The minimum atomic E-state index is -0.824. The zero-order chi connectivity index (χ0) is 15.6. The Morgan fingerprint density at radius 3 is 2.62 bits per heavy atom. The lowest BCUT2D eigenvalue weighted by molar-refractivity contribution is -0.385. The number of aryl methyl sites for hydroxylation is 2. The maximum absolute atomic E-state index is 13.9. The number of nitrogens with zero attached hydrogens (tertiary/aromatic N) is 3. The van der Waals surface area contributed by atoms with Crippen molar-refractivity contribution in [3.05, 3.63) is 45.4 Å². The fourth-order valence-corrected chi connectivity index (χ4v) is 1.74. The van der Waals surface area contributed by atoms with Crippen LogP contribution < -0.4 is 10.1 Å². The Hall–Kier alpha value is -2.77. The third-order valence-corrected chi connectivity index (χ3v) is 2.72. The van der Waals surface area contributed by atoms with Gasteiger partial charge in [-0.1, -0.05) is 0 Å². The van der Waals surface area contributed by atoms with Crippen molar-refractivity contribution in [3.8, 4) is 11.6 Å². The molecule has 0 aliphatic rings. The Labute approximate surface area is 120 Å². The maximum Gasteiger partial charge on any atom is 0.275 e. The number of benzene rings is 1. The van der Waals surface area contributed by atoms with Crippen LogP contribution >= 0.6 is 0 Å². The highest BCUT2D eigenvalue weighted by Crippen LogP contribution is 2.30. The molecule has 2 rings (SSSR count). The molecule has 1 N–H and O–H groups in total. The second-order valence-corrected chi connectivity index (χ2v) is 4.35. The molecular formula is C13H13FN4O3. The van der Waals surface area contributed by atoms with Gasteiger partial charge in [0, 0.05) is 24.4 Å². The van der Waals surface area contributed by atoms with E-state index in [1.165, 1.54) is 19.1 Å². The molecule has 0 radical (unpaired) electrons. The molecule has 0 atom stereocenters. The van der Waals surface area contributed by atoms with Crippen LogP contribution in [0.5, 0.6) is 11.6 Å². The average Bonchev–Trinajstić information content (AvgIpc) is 2.41. The number of ether oxygens (including phenoxy) is 1. The number of anilines is 1. The van der Waals surface area contributed by atoms with Gasteiger partial charge < -0.3 is 10.1 Å². The summed E-state index contributed by atoms with van der Waals surface area (Å²) in [7, 11) is 1.65. The molecule has 2 aromatic rings. The van der Waals surface area contributed by atoms with Gasteiger partial charge in [-0.05, 0) is 19.9 Å². The van der Waals surface area contributed by atoms with E-state index in [-0.39, 0.29) is 17.3 Å². The van der Waals surface area contributed by atoms with E-state index in [9.17, 15) is 14.5 Å². The van der Waals surface area contributed by atoms with Crippen molar-refractivity contribution < 1.29 is 14.1 Å². The Kier molecular flexibility index (Phi) is 3.97. The van der Waals surface area contributed by atoms with Crippen LogP contribution in [0.1, 0.15) is 11.3 Å². The molecule has 0 saturated carbocycles. The molecule has 21 heavy (non-hydrogen) atoms. The summed E-state index contributed by atoms with van der Waals surface area (Å²) in [5.41, 5.74) is 0.647. The number of rotatable bonds is 4. The number of nitro benzene ring substituents is 1. The van der Waals surface area contributed by atoms with Crippen LogP contribution in [0.2, 0.25) is 0 Å². The van der Waals surface area contributed by atoms with Crippen LogP contribution in [0.15, 0.2) is 18.2 Å². The first-order chi connectivity index (χ1) is 9.90. The molecule has 0 unspecified atom stereocenters. The first kappa shape index (κ1) is 14.6. The number of hydrogen-bond acceptors (Lipinski definition) is 6. The number of hydrogen-bond donors (Lipinski definition) is 1. The molecule has 0 spiro atoms. The monoisotopic (exact) mass is 292 g/mol. The zero-order valence-electron chi connectivity index (χ0n) is 11.7. The predicted octanol–water partition coefficient (Wildman–Crippen LogP) is 2.97. The SMILES string of the molecule is CNc1nc(C)cc(Oc2cc(C)c([N+](=O)[O-])cc2F)n1. The Bertz CT molecular complexity index is 706. The first-order valence-corrected chi connectivity index (χ1v) is 6.06. The summed E-state index contributed by atoms with van der Waals surface area (Å²) in [6, 6.07) is 3.64. The van der Waals surface area contributed by atoms with Crippen molar-refractivity contribution >= 4 is 11.6 Å². The van der Waals surface area contributed by atoms with E-state index in [2.05, 4.69) is 15.3 Å². The Morgan fingerprint density at radius 1 is 1.29 bits per heavy atom. The van der Waals surface area contributed by atoms with Gasteiger partial charge in [0.2, 0.25) is 11.8 Å². The molecule has 1 aromatic carbocycles. The Balaban J connectivity index is 2.38. The highest BCUT2D eigenvalue weighted by atomic mass is 19.1. The van der Waals surface area contributed by atoms with Gasteiger partial charge >= 0.3 is 0 Å². The van der Waals surface area contributed by atoms with Crippen molar-refractivity contribution in [1.82, 2.24) is 9.97 Å². The minimum absolute atomic E-state index is 0.127. The third-order valence-electron chi connectivity index (χ3n) is 2.72. The zero-order valence-corrected chi connectivity index (χ0v) is 11.7. The van der Waals surface area contributed by atoms with Crippen LogP contribution in [0.3, 0.4) is 0 Å². The number of nitrogens with one attached hydrogen (secondary N) is 1. The normalized spacial score (nSPS) is 10.3. The van der Waals surface area contributed by atoms with E-state index in [1.54, 1.807) is 14.0 Å². The first-order valence-electron chi connectivity index (χ1n) is 6.06. The summed E-state index contributed by atoms with van der Waals surface area (Å²) in [5.74, 6) is -0.462. The summed E-state index contributed by atoms with van der Waals surface area (Å²) in [4.78, 5) is 18.2. The quantitative estimate of drug-likeness (QED) is 0.688. The van der Waals surface area contributed by atoms with E-state index in [1.807, 2.05) is 0 Å². The van der Waals surface area contributed by atoms with E-state index < -0.39 is 10.7 Å². The van der Waals surface area contributed by atoms with Crippen LogP contribution in [-0.4, -0.2) is 21.9 Å². The second-order valence-electron chi connectivity index (χ2n) is 4.35. The third kappa shape index (κ3) is 3.22. The van der Waals surface area contributed by atoms with Crippen molar-refractivity contribution in [2.24, 2.45) is 0 Å². The fourth-order valence-electron chi connectivity index (χ4n) is 1.74. The topological polar surface area (TPSA) is 90.2 Å². The molecule has 0 amide bonds. The standard InChI is InChI=1S/C13H13FN4O3/c1-7-4-11(9(14)6-10(7)18(19)20)21-12-5-8(2)16-13(15-3)17-12/h4-6H,1-3H3,(H,15,16,17). The lowest BCUT2D eigenvalue weighted by atomic mass is 10.2. The molecule has 7 nitrogen and oxygen atoms in total. The summed E-state index contributed by atoms with van der Waals surface area (Å²) >= 11 is 0. The van der Waals surface area contributed by atoms with E-state index in [0.717, 1.165) is 6.07 Å². The molecule has 1 heterocycles. The maximum atomic E-state index is 13.9. The van der Waals surface area contributed by atoms with Crippen molar-refractivity contribution in [2.45, 2.75) is 13.8 Å². The van der Waals surface area contributed by atoms with Crippen LogP contribution in [-0.2, 0) is 0 Å². The van der Waals surface area contributed by atoms with Crippen molar-refractivity contribution in [2.75, 3.05) is 12.4 Å². The molecule has 8 heteroatoms. The van der Waals surface area contributed by atoms with Gasteiger partial charge in [0.1, 0.15) is 0 Å². The molecule has 0 saturated heterocycles. The molecule has 0 fully saturated rings. The predicted molar refractivity (Wildman–Crippen MR) is 74.2 cm³/mol. The lowest BCUT2D eigenvalue weighted by Gasteiger charge is -2.09. The summed E-state index contributed by atoms with van der Waals surface area (Å²) < 4.78 is 19.2.